The van der Waals surface area contributed by atoms with Gasteiger partial charge in [-0.3, -0.25) is 4.68 Å². The second kappa shape index (κ2) is 5.34. The minimum atomic E-state index is 0.207. The second-order valence-electron chi connectivity index (χ2n) is 4.56. The molecule has 92 valence electrons. The molecule has 0 unspecified atom stereocenters. The summed E-state index contributed by atoms with van der Waals surface area (Å²) in [5, 5.41) is 7.76. The molecular weight excluding hydrogens is 200 g/mol. The number of nitrogens with one attached hydrogen (secondary N) is 1. The lowest BCUT2D eigenvalue weighted by molar-refractivity contribution is 0.294. The zero-order valence-corrected chi connectivity index (χ0v) is 10.9. The number of nitrogens with zero attached hydrogens (tertiary/aromatic N) is 2. The molecule has 3 N–H and O–H groups in total. The van der Waals surface area contributed by atoms with E-state index in [4.69, 9.17) is 5.73 Å². The van der Waals surface area contributed by atoms with Crippen LogP contribution < -0.4 is 11.1 Å². The van der Waals surface area contributed by atoms with Gasteiger partial charge in [-0.15, -0.1) is 0 Å². The molecule has 0 bridgehead atoms. The molecule has 0 saturated heterocycles. The standard InChI is InChI=1S/C12H24N4/c1-5-12(6-2,8-13)9-14-11-7-10(3)15-16(11)4/h7,14H,5-6,8-9,13H2,1-4H3. The van der Waals surface area contributed by atoms with Crippen LogP contribution in [0, 0.1) is 12.3 Å². The average molecular weight is 224 g/mol. The van der Waals surface area contributed by atoms with Crippen LogP contribution >= 0.6 is 0 Å². The van der Waals surface area contributed by atoms with E-state index < -0.39 is 0 Å². The number of rotatable bonds is 6. The Kier molecular flexibility index (Phi) is 4.35. The maximum absolute atomic E-state index is 5.87. The van der Waals surface area contributed by atoms with Crippen molar-refractivity contribution in [3.05, 3.63) is 11.8 Å². The van der Waals surface area contributed by atoms with Crippen LogP contribution in [0.15, 0.2) is 6.07 Å². The predicted molar refractivity (Wildman–Crippen MR) is 68.5 cm³/mol. The van der Waals surface area contributed by atoms with Gasteiger partial charge in [0.05, 0.1) is 5.69 Å². The zero-order chi connectivity index (χ0) is 12.2. The molecule has 1 rings (SSSR count). The van der Waals surface area contributed by atoms with Crippen LogP contribution in [0.3, 0.4) is 0 Å². The Bertz CT molecular complexity index is 317. The molecule has 0 spiro atoms. The summed E-state index contributed by atoms with van der Waals surface area (Å²) in [6, 6.07) is 2.06. The van der Waals surface area contributed by atoms with E-state index in [-0.39, 0.29) is 5.41 Å². The van der Waals surface area contributed by atoms with Gasteiger partial charge in [0.15, 0.2) is 0 Å². The van der Waals surface area contributed by atoms with Crippen molar-refractivity contribution in [2.45, 2.75) is 33.6 Å². The van der Waals surface area contributed by atoms with Gasteiger partial charge in [0, 0.05) is 19.7 Å². The first-order valence-electron chi connectivity index (χ1n) is 6.01. The molecule has 0 aliphatic carbocycles. The van der Waals surface area contributed by atoms with Gasteiger partial charge in [-0.1, -0.05) is 13.8 Å². The first-order valence-corrected chi connectivity index (χ1v) is 6.01. The number of hydrogen-bond donors (Lipinski definition) is 2. The molecule has 0 aromatic carbocycles. The monoisotopic (exact) mass is 224 g/mol. The van der Waals surface area contributed by atoms with Crippen LogP contribution in [0.1, 0.15) is 32.4 Å². The number of aromatic nitrogens is 2. The Morgan fingerprint density at radius 3 is 2.44 bits per heavy atom. The molecule has 16 heavy (non-hydrogen) atoms. The minimum absolute atomic E-state index is 0.207. The predicted octanol–water partition coefficient (Wildman–Crippen LogP) is 1.91. The van der Waals surface area contributed by atoms with E-state index in [2.05, 4.69) is 30.3 Å². The highest BCUT2D eigenvalue weighted by Crippen LogP contribution is 2.25. The van der Waals surface area contributed by atoms with Gasteiger partial charge < -0.3 is 11.1 Å². The molecule has 1 aromatic heterocycles. The molecule has 0 fully saturated rings. The SMILES string of the molecule is CCC(CC)(CN)CNc1cc(C)nn1C. The van der Waals surface area contributed by atoms with Crippen LogP contribution in [-0.4, -0.2) is 22.9 Å². The zero-order valence-electron chi connectivity index (χ0n) is 10.9. The van der Waals surface area contributed by atoms with Gasteiger partial charge in [0.25, 0.3) is 0 Å². The summed E-state index contributed by atoms with van der Waals surface area (Å²) < 4.78 is 1.88. The van der Waals surface area contributed by atoms with Crippen molar-refractivity contribution < 1.29 is 0 Å². The van der Waals surface area contributed by atoms with E-state index in [9.17, 15) is 0 Å². The number of aryl methyl sites for hydroxylation is 2. The normalized spacial score (nSPS) is 11.8. The van der Waals surface area contributed by atoms with Crippen molar-refractivity contribution in [1.29, 1.82) is 0 Å². The maximum Gasteiger partial charge on any atom is 0.124 e. The maximum atomic E-state index is 5.87. The van der Waals surface area contributed by atoms with Crippen molar-refractivity contribution in [1.82, 2.24) is 9.78 Å². The van der Waals surface area contributed by atoms with Crippen molar-refractivity contribution in [3.8, 4) is 0 Å². The fourth-order valence-electron chi connectivity index (χ4n) is 1.91. The van der Waals surface area contributed by atoms with E-state index in [1.54, 1.807) is 0 Å². The van der Waals surface area contributed by atoms with Crippen molar-refractivity contribution in [3.63, 3.8) is 0 Å². The van der Waals surface area contributed by atoms with E-state index in [0.717, 1.165) is 37.4 Å². The molecule has 1 aromatic rings. The lowest BCUT2D eigenvalue weighted by atomic mass is 9.82. The van der Waals surface area contributed by atoms with Crippen molar-refractivity contribution in [2.75, 3.05) is 18.4 Å². The quantitative estimate of drug-likeness (QED) is 0.776. The van der Waals surface area contributed by atoms with Crippen LogP contribution in [0.4, 0.5) is 5.82 Å². The Morgan fingerprint density at radius 1 is 1.44 bits per heavy atom. The summed E-state index contributed by atoms with van der Waals surface area (Å²) >= 11 is 0. The summed E-state index contributed by atoms with van der Waals surface area (Å²) in [6.45, 7) is 8.04. The smallest absolute Gasteiger partial charge is 0.124 e. The van der Waals surface area contributed by atoms with Crippen LogP contribution in [0.25, 0.3) is 0 Å². The molecule has 0 saturated carbocycles. The molecule has 1 heterocycles. The topological polar surface area (TPSA) is 55.9 Å². The minimum Gasteiger partial charge on any atom is -0.370 e. The summed E-state index contributed by atoms with van der Waals surface area (Å²) in [5.41, 5.74) is 7.12. The molecule has 0 radical (unpaired) electrons. The molecule has 0 atom stereocenters. The summed E-state index contributed by atoms with van der Waals surface area (Å²) in [7, 11) is 1.96. The van der Waals surface area contributed by atoms with E-state index in [1.807, 2.05) is 18.7 Å². The Hall–Kier alpha value is -1.03. The van der Waals surface area contributed by atoms with Gasteiger partial charge >= 0.3 is 0 Å². The number of anilines is 1. The highest BCUT2D eigenvalue weighted by Gasteiger charge is 2.24. The lowest BCUT2D eigenvalue weighted by Gasteiger charge is -2.30. The Labute approximate surface area is 98.2 Å². The Morgan fingerprint density at radius 2 is 2.06 bits per heavy atom. The van der Waals surface area contributed by atoms with Crippen LogP contribution in [0.2, 0.25) is 0 Å². The van der Waals surface area contributed by atoms with E-state index >= 15 is 0 Å². The highest BCUT2D eigenvalue weighted by atomic mass is 15.3. The number of nitrogens with two attached hydrogens (primary N) is 1. The molecule has 4 nitrogen and oxygen atoms in total. The van der Waals surface area contributed by atoms with Gasteiger partial charge in [0.2, 0.25) is 0 Å². The molecule has 4 heteroatoms. The van der Waals surface area contributed by atoms with Crippen molar-refractivity contribution in [2.24, 2.45) is 18.2 Å². The largest absolute Gasteiger partial charge is 0.370 e. The molecule has 0 amide bonds. The first-order chi connectivity index (χ1) is 7.56. The van der Waals surface area contributed by atoms with Crippen LogP contribution in [0.5, 0.6) is 0 Å². The van der Waals surface area contributed by atoms with Gasteiger partial charge in [0.1, 0.15) is 5.82 Å². The van der Waals surface area contributed by atoms with Crippen molar-refractivity contribution >= 4 is 5.82 Å². The van der Waals surface area contributed by atoms with E-state index in [1.165, 1.54) is 0 Å². The Balaban J connectivity index is 2.65. The summed E-state index contributed by atoms with van der Waals surface area (Å²) in [5.74, 6) is 1.07. The molecule has 0 aliphatic rings. The van der Waals surface area contributed by atoms with Gasteiger partial charge in [-0.25, -0.2) is 0 Å². The summed E-state index contributed by atoms with van der Waals surface area (Å²) in [6.07, 6.45) is 2.20. The third kappa shape index (κ3) is 2.76. The lowest BCUT2D eigenvalue weighted by Crippen LogP contribution is -2.36. The fourth-order valence-corrected chi connectivity index (χ4v) is 1.91. The third-order valence-corrected chi connectivity index (χ3v) is 3.58. The highest BCUT2D eigenvalue weighted by molar-refractivity contribution is 5.36. The third-order valence-electron chi connectivity index (χ3n) is 3.58. The number of hydrogen-bond acceptors (Lipinski definition) is 3. The van der Waals surface area contributed by atoms with Gasteiger partial charge in [-0.2, -0.15) is 5.10 Å². The van der Waals surface area contributed by atoms with Crippen LogP contribution in [-0.2, 0) is 7.05 Å². The average Bonchev–Trinajstić information content (AvgIpc) is 2.60. The fraction of sp³-hybridized carbons (Fsp3) is 0.750. The molecular formula is C12H24N4. The first kappa shape index (κ1) is 13.0. The van der Waals surface area contributed by atoms with Gasteiger partial charge in [-0.05, 0) is 31.7 Å². The summed E-state index contributed by atoms with van der Waals surface area (Å²) in [4.78, 5) is 0. The van der Waals surface area contributed by atoms with E-state index in [0.29, 0.717) is 0 Å². The second-order valence-corrected chi connectivity index (χ2v) is 4.56. The molecule has 0 aliphatic heterocycles.